The van der Waals surface area contributed by atoms with Gasteiger partial charge in [-0.3, -0.25) is 4.79 Å². The van der Waals surface area contributed by atoms with Crippen LogP contribution in [0.1, 0.15) is 5.56 Å². The number of likely N-dealkylation sites (tertiary alicyclic amines) is 1. The van der Waals surface area contributed by atoms with Crippen LogP contribution in [-0.2, 0) is 11.2 Å². The first kappa shape index (κ1) is 19.7. The van der Waals surface area contributed by atoms with E-state index in [1.54, 1.807) is 12.1 Å². The quantitative estimate of drug-likeness (QED) is 0.728. The molecule has 1 heterocycles. The van der Waals surface area contributed by atoms with E-state index < -0.39 is 43.1 Å². The van der Waals surface area contributed by atoms with Crippen molar-refractivity contribution >= 4 is 12.0 Å². The number of carbonyl (C=O) groups is 2. The van der Waals surface area contributed by atoms with Crippen molar-refractivity contribution in [1.82, 2.24) is 10.2 Å². The molecule has 2 amide bonds. The average Bonchev–Trinajstić information content (AvgIpc) is 3.01. The fraction of sp³-hybridized carbons (Fsp3) is 0.500. The molecule has 0 aromatic heterocycles. The second-order valence-corrected chi connectivity index (χ2v) is 5.99. The van der Waals surface area contributed by atoms with Crippen LogP contribution < -0.4 is 10.1 Å². The molecular formula is C16H19F3N2O5. The molecule has 2 atom stereocenters. The number of benzene rings is 1. The summed E-state index contributed by atoms with van der Waals surface area (Å²) in [6.45, 7) is -1.06. The molecule has 1 aromatic carbocycles. The third-order valence-electron chi connectivity index (χ3n) is 4.28. The van der Waals surface area contributed by atoms with Crippen molar-refractivity contribution in [3.63, 3.8) is 0 Å². The third kappa shape index (κ3) is 4.50. The van der Waals surface area contributed by atoms with Crippen molar-refractivity contribution in [1.29, 1.82) is 0 Å². The maximum absolute atomic E-state index is 12.9. The molecule has 3 N–H and O–H groups in total. The molecule has 7 nitrogen and oxygen atoms in total. The number of hydrogen-bond acceptors (Lipinski definition) is 4. The fourth-order valence-electron chi connectivity index (χ4n) is 2.87. The SMILES string of the molecule is COc1ccc(CCNC(=O)N2C[C@@H](C(F)(F)F)[C@H](C(=O)O)C2)cc1O. The molecule has 0 aliphatic carbocycles. The number of phenolic OH excluding ortho intramolecular Hbond substituents is 1. The summed E-state index contributed by atoms with van der Waals surface area (Å²) >= 11 is 0. The summed E-state index contributed by atoms with van der Waals surface area (Å²) in [6, 6.07) is 3.95. The lowest BCUT2D eigenvalue weighted by molar-refractivity contribution is -0.187. The number of amides is 2. The van der Waals surface area contributed by atoms with Gasteiger partial charge in [-0.25, -0.2) is 4.79 Å². The second-order valence-electron chi connectivity index (χ2n) is 5.99. The highest BCUT2D eigenvalue weighted by atomic mass is 19.4. The van der Waals surface area contributed by atoms with Gasteiger partial charge in [0.25, 0.3) is 0 Å². The molecule has 0 unspecified atom stereocenters. The van der Waals surface area contributed by atoms with E-state index in [9.17, 15) is 27.9 Å². The zero-order chi connectivity index (χ0) is 19.5. The summed E-state index contributed by atoms with van der Waals surface area (Å²) in [7, 11) is 1.41. The zero-order valence-electron chi connectivity index (χ0n) is 13.9. The second kappa shape index (κ2) is 7.71. The van der Waals surface area contributed by atoms with Crippen LogP contribution in [0.2, 0.25) is 0 Å². The Labute approximate surface area is 147 Å². The van der Waals surface area contributed by atoms with Crippen LogP contribution in [0.15, 0.2) is 18.2 Å². The van der Waals surface area contributed by atoms with Crippen LogP contribution in [0.25, 0.3) is 0 Å². The van der Waals surface area contributed by atoms with E-state index >= 15 is 0 Å². The van der Waals surface area contributed by atoms with Crippen molar-refractivity contribution < 1.29 is 37.7 Å². The molecule has 1 aromatic rings. The predicted octanol–water partition coefficient (Wildman–Crippen LogP) is 1.85. The molecule has 1 aliphatic rings. The van der Waals surface area contributed by atoms with Gasteiger partial charge < -0.3 is 25.2 Å². The molecular weight excluding hydrogens is 357 g/mol. The largest absolute Gasteiger partial charge is 0.504 e. The Kier molecular flexibility index (Phi) is 5.83. The van der Waals surface area contributed by atoms with Gasteiger partial charge in [-0.2, -0.15) is 13.2 Å². The number of phenols is 1. The number of halogens is 3. The van der Waals surface area contributed by atoms with Gasteiger partial charge in [-0.15, -0.1) is 0 Å². The van der Waals surface area contributed by atoms with Crippen molar-refractivity contribution in [2.75, 3.05) is 26.7 Å². The van der Waals surface area contributed by atoms with Gasteiger partial charge in [0.15, 0.2) is 11.5 Å². The summed E-state index contributed by atoms with van der Waals surface area (Å²) in [5.41, 5.74) is 0.696. The number of urea groups is 1. The minimum absolute atomic E-state index is 0.0619. The first-order valence-electron chi connectivity index (χ1n) is 7.81. The maximum Gasteiger partial charge on any atom is 0.394 e. The van der Waals surface area contributed by atoms with E-state index in [4.69, 9.17) is 9.84 Å². The zero-order valence-corrected chi connectivity index (χ0v) is 13.9. The number of carboxylic acids is 1. The maximum atomic E-state index is 12.9. The van der Waals surface area contributed by atoms with Gasteiger partial charge >= 0.3 is 18.2 Å². The fourth-order valence-corrected chi connectivity index (χ4v) is 2.87. The van der Waals surface area contributed by atoms with Gasteiger partial charge in [0.1, 0.15) is 0 Å². The van der Waals surface area contributed by atoms with Crippen LogP contribution in [0.3, 0.4) is 0 Å². The number of methoxy groups -OCH3 is 1. The van der Waals surface area contributed by atoms with E-state index in [-0.39, 0.29) is 12.3 Å². The molecule has 2 rings (SSSR count). The molecule has 0 bridgehead atoms. The minimum atomic E-state index is -4.68. The lowest BCUT2D eigenvalue weighted by atomic mass is 9.96. The van der Waals surface area contributed by atoms with Crippen molar-refractivity contribution in [3.8, 4) is 11.5 Å². The van der Waals surface area contributed by atoms with Crippen LogP contribution in [0.5, 0.6) is 11.5 Å². The molecule has 1 saturated heterocycles. The Balaban J connectivity index is 1.90. The van der Waals surface area contributed by atoms with Crippen LogP contribution in [0.4, 0.5) is 18.0 Å². The molecule has 10 heteroatoms. The Morgan fingerprint density at radius 3 is 2.54 bits per heavy atom. The first-order chi connectivity index (χ1) is 12.1. The number of rotatable bonds is 5. The van der Waals surface area contributed by atoms with Crippen LogP contribution in [0, 0.1) is 11.8 Å². The van der Waals surface area contributed by atoms with E-state index in [1.807, 2.05) is 0 Å². The number of alkyl halides is 3. The Morgan fingerprint density at radius 1 is 1.35 bits per heavy atom. The topological polar surface area (TPSA) is 99.1 Å². The third-order valence-corrected chi connectivity index (χ3v) is 4.28. The smallest absolute Gasteiger partial charge is 0.394 e. The Morgan fingerprint density at radius 2 is 2.04 bits per heavy atom. The Hall–Kier alpha value is -2.65. The number of nitrogens with one attached hydrogen (secondary N) is 1. The highest BCUT2D eigenvalue weighted by molar-refractivity contribution is 5.77. The van der Waals surface area contributed by atoms with E-state index in [1.165, 1.54) is 13.2 Å². The number of aromatic hydroxyl groups is 1. The standard InChI is InChI=1S/C16H19F3N2O5/c1-26-13-3-2-9(6-12(13)22)4-5-20-15(25)21-7-10(14(23)24)11(8-21)16(17,18)19/h2-3,6,10-11,22H,4-5,7-8H2,1H3,(H,20,25)(H,23,24)/t10-,11-/m1/s1. The van der Waals surface area contributed by atoms with Crippen molar-refractivity contribution in [3.05, 3.63) is 23.8 Å². The molecule has 0 radical (unpaired) electrons. The van der Waals surface area contributed by atoms with Gasteiger partial charge in [-0.1, -0.05) is 6.07 Å². The summed E-state index contributed by atoms with van der Waals surface area (Å²) in [5.74, 6) is -5.08. The normalized spacial score (nSPS) is 20.1. The highest BCUT2D eigenvalue weighted by Gasteiger charge is 2.53. The lowest BCUT2D eigenvalue weighted by Gasteiger charge is -2.18. The van der Waals surface area contributed by atoms with Crippen molar-refractivity contribution in [2.45, 2.75) is 12.6 Å². The summed E-state index contributed by atoms with van der Waals surface area (Å²) in [6.07, 6.45) is -4.35. The molecule has 0 saturated carbocycles. The van der Waals surface area contributed by atoms with Crippen molar-refractivity contribution in [2.24, 2.45) is 11.8 Å². The molecule has 144 valence electrons. The number of carbonyl (C=O) groups excluding carboxylic acids is 1. The summed E-state index contributed by atoms with van der Waals surface area (Å²) < 4.78 is 43.7. The highest BCUT2D eigenvalue weighted by Crippen LogP contribution is 2.37. The number of hydrogen-bond donors (Lipinski definition) is 3. The van der Waals surface area contributed by atoms with Gasteiger partial charge in [0.05, 0.1) is 18.9 Å². The monoisotopic (exact) mass is 376 g/mol. The van der Waals surface area contributed by atoms with Gasteiger partial charge in [0.2, 0.25) is 0 Å². The van der Waals surface area contributed by atoms with E-state index in [0.717, 1.165) is 4.90 Å². The minimum Gasteiger partial charge on any atom is -0.504 e. The Bertz CT molecular complexity index is 680. The first-order valence-corrected chi connectivity index (χ1v) is 7.81. The lowest BCUT2D eigenvalue weighted by Crippen LogP contribution is -2.40. The van der Waals surface area contributed by atoms with E-state index in [0.29, 0.717) is 17.7 Å². The van der Waals surface area contributed by atoms with E-state index in [2.05, 4.69) is 5.32 Å². The number of aliphatic carboxylic acids is 1. The van der Waals surface area contributed by atoms with Gasteiger partial charge in [0, 0.05) is 19.6 Å². The predicted molar refractivity (Wildman–Crippen MR) is 84.0 cm³/mol. The molecule has 26 heavy (non-hydrogen) atoms. The number of ether oxygens (including phenoxy) is 1. The number of nitrogens with zero attached hydrogens (tertiary/aromatic N) is 1. The molecule has 1 aliphatic heterocycles. The molecule has 0 spiro atoms. The van der Waals surface area contributed by atoms with Gasteiger partial charge in [-0.05, 0) is 24.1 Å². The van der Waals surface area contributed by atoms with Crippen LogP contribution >= 0.6 is 0 Å². The van der Waals surface area contributed by atoms with Crippen LogP contribution in [-0.4, -0.2) is 60.0 Å². The average molecular weight is 376 g/mol. The summed E-state index contributed by atoms with van der Waals surface area (Å²) in [4.78, 5) is 23.9. The molecule has 1 fully saturated rings. The summed E-state index contributed by atoms with van der Waals surface area (Å²) in [5, 5.41) is 21.1. The number of carboxylic acid groups (broad SMARTS) is 1.